The maximum Gasteiger partial charge on any atom is 0.236 e. The second-order valence-corrected chi connectivity index (χ2v) is 2.07. The van der Waals surface area contributed by atoms with Crippen LogP contribution in [0, 0.1) is 17.0 Å². The molecule has 58 valence electrons. The smallest absolute Gasteiger partial charge is 0.236 e. The molecule has 1 aromatic heterocycles. The Morgan fingerprint density at radius 3 is 3.00 bits per heavy atom. The molecule has 0 amide bonds. The summed E-state index contributed by atoms with van der Waals surface area (Å²) in [5.41, 5.74) is 1.56. The highest BCUT2D eigenvalue weighted by Gasteiger charge is 1.95. The minimum absolute atomic E-state index is 0.514. The predicted octanol–water partition coefficient (Wildman–Crippen LogP) is 0.966. The summed E-state index contributed by atoms with van der Waals surface area (Å²) in [7, 11) is 0. The number of H-pyrrole nitrogens is 1. The quantitative estimate of drug-likeness (QED) is 0.508. The van der Waals surface area contributed by atoms with Crippen molar-refractivity contribution in [2.45, 2.75) is 6.92 Å². The number of hydrogen-bond donors (Lipinski definition) is 1. The maximum atomic E-state index is 9.89. The van der Waals surface area contributed by atoms with Gasteiger partial charge >= 0.3 is 0 Å². The third kappa shape index (κ3) is 1.89. The summed E-state index contributed by atoms with van der Waals surface area (Å²) in [4.78, 5) is 9.38. The van der Waals surface area contributed by atoms with E-state index >= 15 is 0 Å². The molecule has 0 aliphatic carbocycles. The van der Waals surface area contributed by atoms with Crippen LogP contribution in [-0.4, -0.2) is 15.1 Å². The van der Waals surface area contributed by atoms with E-state index in [1.165, 1.54) is 6.08 Å². The van der Waals surface area contributed by atoms with Crippen LogP contribution < -0.4 is 0 Å². The number of aromatic amines is 1. The Hall–Kier alpha value is -1.65. The molecule has 0 fully saturated rings. The van der Waals surface area contributed by atoms with Gasteiger partial charge in [0.25, 0.3) is 0 Å². The molecule has 0 unspecified atom stereocenters. The number of nitro groups is 1. The van der Waals surface area contributed by atoms with Crippen LogP contribution in [0.15, 0.2) is 12.4 Å². The van der Waals surface area contributed by atoms with Gasteiger partial charge in [-0.1, -0.05) is 0 Å². The highest BCUT2D eigenvalue weighted by Crippen LogP contribution is 2.03. The van der Waals surface area contributed by atoms with Gasteiger partial charge in [-0.3, -0.25) is 15.2 Å². The maximum absolute atomic E-state index is 9.89. The number of hydrogen-bond acceptors (Lipinski definition) is 3. The molecule has 0 bridgehead atoms. The fraction of sp³-hybridized carbons (Fsp3) is 0.167. The highest BCUT2D eigenvalue weighted by atomic mass is 16.6. The first kappa shape index (κ1) is 7.46. The van der Waals surface area contributed by atoms with Crippen LogP contribution in [0.5, 0.6) is 0 Å². The van der Waals surface area contributed by atoms with Crippen LogP contribution in [0.2, 0.25) is 0 Å². The Labute approximate surface area is 62.9 Å². The van der Waals surface area contributed by atoms with Gasteiger partial charge in [0.2, 0.25) is 6.20 Å². The molecule has 0 saturated heterocycles. The average molecular weight is 153 g/mol. The van der Waals surface area contributed by atoms with Gasteiger partial charge in [-0.15, -0.1) is 0 Å². The van der Waals surface area contributed by atoms with Gasteiger partial charge in [0.15, 0.2) is 0 Å². The molecular weight excluding hydrogens is 146 g/mol. The lowest BCUT2D eigenvalue weighted by Gasteiger charge is -1.83. The van der Waals surface area contributed by atoms with Crippen molar-refractivity contribution in [2.75, 3.05) is 0 Å². The summed E-state index contributed by atoms with van der Waals surface area (Å²) in [5.74, 6) is 0. The predicted molar refractivity (Wildman–Crippen MR) is 39.4 cm³/mol. The van der Waals surface area contributed by atoms with E-state index in [1.54, 1.807) is 6.20 Å². The number of nitrogens with one attached hydrogen (secondary N) is 1. The molecule has 0 aliphatic rings. The Kier molecular flexibility index (Phi) is 2.00. The summed E-state index contributed by atoms with van der Waals surface area (Å²) in [6.45, 7) is 1.82. The first-order chi connectivity index (χ1) is 5.20. The van der Waals surface area contributed by atoms with E-state index in [0.717, 1.165) is 11.8 Å². The van der Waals surface area contributed by atoms with Gasteiger partial charge in [-0.2, -0.15) is 5.10 Å². The lowest BCUT2D eigenvalue weighted by molar-refractivity contribution is -0.401. The van der Waals surface area contributed by atoms with Gasteiger partial charge in [0, 0.05) is 6.08 Å². The number of aromatic nitrogens is 2. The van der Waals surface area contributed by atoms with Crippen molar-refractivity contribution in [3.8, 4) is 0 Å². The number of aryl methyl sites for hydroxylation is 1. The van der Waals surface area contributed by atoms with Crippen LogP contribution >= 0.6 is 0 Å². The minimum Gasteiger partial charge on any atom is -0.278 e. The van der Waals surface area contributed by atoms with Crippen molar-refractivity contribution in [1.82, 2.24) is 10.2 Å². The SMILES string of the molecule is Cc1cn[nH]c1C=C[N+](=O)[O-]. The minimum atomic E-state index is -0.514. The average Bonchev–Trinajstić information content (AvgIpc) is 2.31. The van der Waals surface area contributed by atoms with Crippen molar-refractivity contribution >= 4 is 6.08 Å². The van der Waals surface area contributed by atoms with Crippen molar-refractivity contribution in [2.24, 2.45) is 0 Å². The molecule has 0 spiro atoms. The molecule has 11 heavy (non-hydrogen) atoms. The molecule has 5 nitrogen and oxygen atoms in total. The van der Waals surface area contributed by atoms with E-state index in [2.05, 4.69) is 10.2 Å². The molecule has 1 N–H and O–H groups in total. The van der Waals surface area contributed by atoms with E-state index < -0.39 is 4.92 Å². The second-order valence-electron chi connectivity index (χ2n) is 2.07. The molecule has 0 radical (unpaired) electrons. The van der Waals surface area contributed by atoms with Crippen molar-refractivity contribution in [1.29, 1.82) is 0 Å². The van der Waals surface area contributed by atoms with Crippen molar-refractivity contribution in [3.63, 3.8) is 0 Å². The Morgan fingerprint density at radius 1 is 1.82 bits per heavy atom. The zero-order chi connectivity index (χ0) is 8.27. The zero-order valence-corrected chi connectivity index (χ0v) is 5.94. The monoisotopic (exact) mass is 153 g/mol. The van der Waals surface area contributed by atoms with E-state index in [-0.39, 0.29) is 0 Å². The Balaban J connectivity index is 2.79. The van der Waals surface area contributed by atoms with Crippen LogP contribution in [0.25, 0.3) is 6.08 Å². The van der Waals surface area contributed by atoms with Crippen molar-refractivity contribution in [3.05, 3.63) is 33.8 Å². The van der Waals surface area contributed by atoms with E-state index in [4.69, 9.17) is 0 Å². The van der Waals surface area contributed by atoms with Crippen molar-refractivity contribution < 1.29 is 4.92 Å². The van der Waals surface area contributed by atoms with Gasteiger partial charge in [-0.05, 0) is 12.5 Å². The highest BCUT2D eigenvalue weighted by molar-refractivity contribution is 5.46. The fourth-order valence-electron chi connectivity index (χ4n) is 0.660. The molecule has 0 atom stereocenters. The summed E-state index contributed by atoms with van der Waals surface area (Å²) in [6, 6.07) is 0. The van der Waals surface area contributed by atoms with E-state index in [0.29, 0.717) is 5.69 Å². The second kappa shape index (κ2) is 2.96. The summed E-state index contributed by atoms with van der Waals surface area (Å²) < 4.78 is 0. The van der Waals surface area contributed by atoms with Crippen LogP contribution in [0.3, 0.4) is 0 Å². The third-order valence-corrected chi connectivity index (χ3v) is 1.23. The normalized spacial score (nSPS) is 10.6. The lowest BCUT2D eigenvalue weighted by Crippen LogP contribution is -1.83. The molecular formula is C6H7N3O2. The third-order valence-electron chi connectivity index (χ3n) is 1.23. The van der Waals surface area contributed by atoms with Crippen LogP contribution in [0.4, 0.5) is 0 Å². The number of nitrogens with zero attached hydrogens (tertiary/aromatic N) is 2. The number of rotatable bonds is 2. The summed E-state index contributed by atoms with van der Waals surface area (Å²) in [5, 5.41) is 16.2. The molecule has 0 aliphatic heterocycles. The molecule has 1 heterocycles. The molecule has 1 rings (SSSR count). The molecule has 0 saturated carbocycles. The topological polar surface area (TPSA) is 71.8 Å². The van der Waals surface area contributed by atoms with Crippen LogP contribution in [0.1, 0.15) is 11.3 Å². The Morgan fingerprint density at radius 2 is 2.55 bits per heavy atom. The van der Waals surface area contributed by atoms with Gasteiger partial charge in [0.1, 0.15) is 0 Å². The molecule has 1 aromatic rings. The standard InChI is InChI=1S/C6H7N3O2/c1-5-4-7-8-6(5)2-3-9(10)11/h2-4H,1H3,(H,7,8). The fourth-order valence-corrected chi connectivity index (χ4v) is 0.660. The summed E-state index contributed by atoms with van der Waals surface area (Å²) in [6.07, 6.45) is 3.86. The first-order valence-electron chi connectivity index (χ1n) is 3.02. The Bertz CT molecular complexity index is 290. The van der Waals surface area contributed by atoms with Gasteiger partial charge in [0.05, 0.1) is 16.8 Å². The van der Waals surface area contributed by atoms with Gasteiger partial charge in [-0.25, -0.2) is 0 Å². The summed E-state index contributed by atoms with van der Waals surface area (Å²) >= 11 is 0. The van der Waals surface area contributed by atoms with Crippen LogP contribution in [-0.2, 0) is 0 Å². The van der Waals surface area contributed by atoms with E-state index in [1.807, 2.05) is 6.92 Å². The molecule has 5 heteroatoms. The van der Waals surface area contributed by atoms with Gasteiger partial charge < -0.3 is 0 Å². The molecule has 0 aromatic carbocycles. The zero-order valence-electron chi connectivity index (χ0n) is 5.94. The largest absolute Gasteiger partial charge is 0.278 e. The van der Waals surface area contributed by atoms with E-state index in [9.17, 15) is 10.1 Å². The lowest BCUT2D eigenvalue weighted by atomic mass is 10.3. The first-order valence-corrected chi connectivity index (χ1v) is 3.02.